The quantitative estimate of drug-likeness (QED) is 0.843. The number of aromatic nitrogens is 2. The Morgan fingerprint density at radius 2 is 2.16 bits per heavy atom. The van der Waals surface area contributed by atoms with Crippen molar-refractivity contribution < 1.29 is 4.74 Å². The molecular formula is C15H17N3O. The van der Waals surface area contributed by atoms with Gasteiger partial charge in [-0.3, -0.25) is 0 Å². The lowest BCUT2D eigenvalue weighted by Gasteiger charge is -2.03. The van der Waals surface area contributed by atoms with E-state index >= 15 is 0 Å². The van der Waals surface area contributed by atoms with Crippen LogP contribution in [0.15, 0.2) is 24.3 Å². The Bertz CT molecular complexity index is 623. The van der Waals surface area contributed by atoms with E-state index in [1.165, 1.54) is 5.56 Å². The summed E-state index contributed by atoms with van der Waals surface area (Å²) in [6.07, 6.45) is 1.61. The zero-order chi connectivity index (χ0) is 13.8. The second-order valence-electron chi connectivity index (χ2n) is 4.48. The first-order chi connectivity index (χ1) is 9.15. The molecule has 98 valence electrons. The van der Waals surface area contributed by atoms with E-state index in [1.54, 1.807) is 7.11 Å². The Hall–Kier alpha value is -2.28. The molecule has 1 heterocycles. The molecule has 0 bridgehead atoms. The lowest BCUT2D eigenvalue weighted by molar-refractivity contribution is 0.414. The maximum atomic E-state index is 9.16. The molecule has 0 aliphatic carbocycles. The third-order valence-electron chi connectivity index (χ3n) is 3.28. The van der Waals surface area contributed by atoms with Crippen LogP contribution >= 0.6 is 0 Å². The zero-order valence-electron chi connectivity index (χ0n) is 11.5. The Kier molecular flexibility index (Phi) is 3.86. The molecule has 0 aliphatic rings. The molecule has 2 rings (SSSR count). The summed E-state index contributed by atoms with van der Waals surface area (Å²) in [5.74, 6) is 1.73. The summed E-state index contributed by atoms with van der Waals surface area (Å²) >= 11 is 0. The van der Waals surface area contributed by atoms with Crippen molar-refractivity contribution in [2.45, 2.75) is 19.8 Å². The smallest absolute Gasteiger partial charge is 0.143 e. The van der Waals surface area contributed by atoms with Crippen LogP contribution in [0, 0.1) is 18.3 Å². The first-order valence-corrected chi connectivity index (χ1v) is 6.21. The van der Waals surface area contributed by atoms with Gasteiger partial charge in [0.25, 0.3) is 0 Å². The molecule has 19 heavy (non-hydrogen) atoms. The van der Waals surface area contributed by atoms with Gasteiger partial charge in [0.2, 0.25) is 0 Å². The van der Waals surface area contributed by atoms with Crippen LogP contribution in [-0.2, 0) is 19.9 Å². The van der Waals surface area contributed by atoms with Crippen molar-refractivity contribution in [1.29, 1.82) is 5.26 Å². The number of hydrogen-bond donors (Lipinski definition) is 0. The molecule has 0 saturated heterocycles. The number of hydrogen-bond acceptors (Lipinski definition) is 3. The largest absolute Gasteiger partial charge is 0.497 e. The van der Waals surface area contributed by atoms with E-state index in [4.69, 9.17) is 10.00 Å². The average Bonchev–Trinajstić information content (AvgIpc) is 2.71. The fourth-order valence-corrected chi connectivity index (χ4v) is 2.08. The summed E-state index contributed by atoms with van der Waals surface area (Å²) in [5, 5.41) is 9.16. The molecule has 4 nitrogen and oxygen atoms in total. The van der Waals surface area contributed by atoms with E-state index in [0.717, 1.165) is 30.1 Å². The van der Waals surface area contributed by atoms with Crippen LogP contribution in [-0.4, -0.2) is 16.7 Å². The zero-order valence-corrected chi connectivity index (χ0v) is 11.5. The molecule has 1 aromatic heterocycles. The van der Waals surface area contributed by atoms with Gasteiger partial charge in [0, 0.05) is 7.05 Å². The van der Waals surface area contributed by atoms with E-state index in [1.807, 2.05) is 36.7 Å². The van der Waals surface area contributed by atoms with E-state index in [0.29, 0.717) is 5.69 Å². The van der Waals surface area contributed by atoms with Crippen molar-refractivity contribution in [2.24, 2.45) is 7.05 Å². The molecule has 0 fully saturated rings. The molecule has 2 aromatic rings. The molecule has 0 aliphatic heterocycles. The molecule has 4 heteroatoms. The van der Waals surface area contributed by atoms with Gasteiger partial charge in [-0.1, -0.05) is 12.1 Å². The highest BCUT2D eigenvalue weighted by atomic mass is 16.5. The number of imidazole rings is 1. The molecular weight excluding hydrogens is 238 g/mol. The van der Waals surface area contributed by atoms with Crippen molar-refractivity contribution in [3.05, 3.63) is 47.0 Å². The van der Waals surface area contributed by atoms with Crippen molar-refractivity contribution in [3.63, 3.8) is 0 Å². The number of rotatable bonds is 4. The number of benzene rings is 1. The summed E-state index contributed by atoms with van der Waals surface area (Å²) < 4.78 is 7.04. The van der Waals surface area contributed by atoms with Crippen LogP contribution < -0.4 is 4.74 Å². The lowest BCUT2D eigenvalue weighted by Crippen LogP contribution is -1.98. The minimum Gasteiger partial charge on any atom is -0.497 e. The highest BCUT2D eigenvalue weighted by Crippen LogP contribution is 2.16. The molecule has 0 spiro atoms. The normalized spacial score (nSPS) is 10.2. The molecule has 0 saturated carbocycles. The Balaban J connectivity index is 2.15. The van der Waals surface area contributed by atoms with Gasteiger partial charge in [-0.25, -0.2) is 4.98 Å². The number of methoxy groups -OCH3 is 1. The van der Waals surface area contributed by atoms with Crippen LogP contribution in [0.5, 0.6) is 5.75 Å². The van der Waals surface area contributed by atoms with Crippen molar-refractivity contribution in [2.75, 3.05) is 7.11 Å². The average molecular weight is 255 g/mol. The number of aryl methyl sites for hydroxylation is 3. The summed E-state index contributed by atoms with van der Waals surface area (Å²) in [7, 11) is 3.53. The summed E-state index contributed by atoms with van der Waals surface area (Å²) in [6, 6.07) is 10.2. The van der Waals surface area contributed by atoms with E-state index < -0.39 is 0 Å². The third kappa shape index (κ3) is 2.76. The van der Waals surface area contributed by atoms with Gasteiger partial charge in [-0.05, 0) is 37.5 Å². The SMILES string of the molecule is COc1cccc(CCc2nc(C)n(C)c2C#N)c1. The second-order valence-corrected chi connectivity index (χ2v) is 4.48. The van der Waals surface area contributed by atoms with Gasteiger partial charge in [-0.2, -0.15) is 5.26 Å². The highest BCUT2D eigenvalue weighted by Gasteiger charge is 2.11. The molecule has 0 atom stereocenters. The first kappa shape index (κ1) is 13.2. The fourth-order valence-electron chi connectivity index (χ4n) is 2.08. The Labute approximate surface area is 113 Å². The molecule has 0 unspecified atom stereocenters. The molecule has 0 radical (unpaired) electrons. The minimum atomic E-state index is 0.653. The van der Waals surface area contributed by atoms with Crippen LogP contribution in [0.25, 0.3) is 0 Å². The maximum absolute atomic E-state index is 9.16. The van der Waals surface area contributed by atoms with Gasteiger partial charge in [0.05, 0.1) is 12.8 Å². The van der Waals surface area contributed by atoms with Gasteiger partial charge >= 0.3 is 0 Å². The fraction of sp³-hybridized carbons (Fsp3) is 0.333. The second kappa shape index (κ2) is 5.57. The van der Waals surface area contributed by atoms with Gasteiger partial charge < -0.3 is 9.30 Å². The van der Waals surface area contributed by atoms with Crippen LogP contribution in [0.2, 0.25) is 0 Å². The maximum Gasteiger partial charge on any atom is 0.143 e. The van der Waals surface area contributed by atoms with E-state index in [2.05, 4.69) is 17.1 Å². The summed E-state index contributed by atoms with van der Waals surface area (Å²) in [6.45, 7) is 1.91. The Morgan fingerprint density at radius 1 is 1.37 bits per heavy atom. The van der Waals surface area contributed by atoms with Crippen LogP contribution in [0.1, 0.15) is 22.8 Å². The topological polar surface area (TPSA) is 50.8 Å². The van der Waals surface area contributed by atoms with Gasteiger partial charge in [0.1, 0.15) is 23.3 Å². The van der Waals surface area contributed by atoms with E-state index in [-0.39, 0.29) is 0 Å². The minimum absolute atomic E-state index is 0.653. The lowest BCUT2D eigenvalue weighted by atomic mass is 10.1. The third-order valence-corrected chi connectivity index (χ3v) is 3.28. The van der Waals surface area contributed by atoms with Crippen molar-refractivity contribution in [1.82, 2.24) is 9.55 Å². The van der Waals surface area contributed by atoms with Crippen molar-refractivity contribution >= 4 is 0 Å². The standard InChI is InChI=1S/C15H17N3O/c1-11-17-14(15(10-16)18(11)2)8-7-12-5-4-6-13(9-12)19-3/h4-6,9H,7-8H2,1-3H3. The highest BCUT2D eigenvalue weighted by molar-refractivity contribution is 5.32. The van der Waals surface area contributed by atoms with E-state index in [9.17, 15) is 0 Å². The summed E-state index contributed by atoms with van der Waals surface area (Å²) in [5.41, 5.74) is 2.71. The van der Waals surface area contributed by atoms with Crippen molar-refractivity contribution in [3.8, 4) is 11.8 Å². The predicted octanol–water partition coefficient (Wildman–Crippen LogP) is 2.39. The van der Waals surface area contributed by atoms with Gasteiger partial charge in [0.15, 0.2) is 0 Å². The number of nitrogens with zero attached hydrogens (tertiary/aromatic N) is 3. The molecule has 1 aromatic carbocycles. The Morgan fingerprint density at radius 3 is 2.84 bits per heavy atom. The van der Waals surface area contributed by atoms with Gasteiger partial charge in [-0.15, -0.1) is 0 Å². The molecule has 0 N–H and O–H groups in total. The van der Waals surface area contributed by atoms with Crippen LogP contribution in [0.3, 0.4) is 0 Å². The predicted molar refractivity (Wildman–Crippen MR) is 73.1 cm³/mol. The molecule has 0 amide bonds. The monoisotopic (exact) mass is 255 g/mol. The number of nitriles is 1. The summed E-state index contributed by atoms with van der Waals surface area (Å²) in [4.78, 5) is 4.45. The van der Waals surface area contributed by atoms with Crippen LogP contribution in [0.4, 0.5) is 0 Å². The number of ether oxygens (including phenoxy) is 1. The first-order valence-electron chi connectivity index (χ1n) is 6.21.